The lowest BCUT2D eigenvalue weighted by Gasteiger charge is -2.01. The normalized spacial score (nSPS) is 10.4. The van der Waals surface area contributed by atoms with Crippen molar-refractivity contribution in [3.05, 3.63) is 12.2 Å². The van der Waals surface area contributed by atoms with Crippen molar-refractivity contribution < 1.29 is 9.53 Å². The molecule has 0 saturated carbocycles. The molecule has 0 heterocycles. The van der Waals surface area contributed by atoms with Gasteiger partial charge in [-0.1, -0.05) is 13.0 Å². The molecular formula is C8H15NO2. The van der Waals surface area contributed by atoms with Gasteiger partial charge in [-0.25, -0.2) is 4.79 Å². The molecule has 0 unspecified atom stereocenters. The molecule has 0 radical (unpaired) electrons. The third-order valence-electron chi connectivity index (χ3n) is 1.08. The van der Waals surface area contributed by atoms with Crippen molar-refractivity contribution in [3.63, 3.8) is 0 Å². The van der Waals surface area contributed by atoms with Crippen LogP contribution in [0, 0.1) is 0 Å². The van der Waals surface area contributed by atoms with Crippen LogP contribution in [0.15, 0.2) is 12.2 Å². The highest BCUT2D eigenvalue weighted by atomic mass is 16.5. The monoisotopic (exact) mass is 157 g/mol. The van der Waals surface area contributed by atoms with Crippen LogP contribution in [-0.2, 0) is 9.53 Å². The molecule has 0 aromatic rings. The van der Waals surface area contributed by atoms with Gasteiger partial charge in [-0.15, -0.1) is 0 Å². The van der Waals surface area contributed by atoms with Gasteiger partial charge >= 0.3 is 5.97 Å². The van der Waals surface area contributed by atoms with Gasteiger partial charge in [0.15, 0.2) is 0 Å². The molecule has 0 rings (SSSR count). The Morgan fingerprint density at radius 1 is 1.64 bits per heavy atom. The summed E-state index contributed by atoms with van der Waals surface area (Å²) in [4.78, 5) is 10.7. The largest absolute Gasteiger partial charge is 0.461 e. The predicted molar refractivity (Wildman–Crippen MR) is 44.3 cm³/mol. The van der Waals surface area contributed by atoms with E-state index in [1.165, 1.54) is 6.08 Å². The van der Waals surface area contributed by atoms with Crippen molar-refractivity contribution in [2.75, 3.05) is 19.7 Å². The fourth-order valence-electron chi connectivity index (χ4n) is 0.585. The predicted octanol–water partition coefficient (Wildman–Crippen LogP) is 0.715. The minimum absolute atomic E-state index is 0.273. The highest BCUT2D eigenvalue weighted by molar-refractivity contribution is 5.81. The molecule has 0 amide bonds. The van der Waals surface area contributed by atoms with Crippen LogP contribution in [0.2, 0.25) is 0 Å². The number of nitrogens with one attached hydrogen (secondary N) is 1. The summed E-state index contributed by atoms with van der Waals surface area (Å²) < 4.78 is 4.80. The first-order valence-corrected chi connectivity index (χ1v) is 3.81. The van der Waals surface area contributed by atoms with E-state index in [9.17, 15) is 4.79 Å². The van der Waals surface area contributed by atoms with Crippen molar-refractivity contribution in [2.45, 2.75) is 13.8 Å². The lowest BCUT2D eigenvalue weighted by atomic mass is 10.5. The Labute approximate surface area is 67.4 Å². The summed E-state index contributed by atoms with van der Waals surface area (Å²) >= 11 is 0. The van der Waals surface area contributed by atoms with Crippen LogP contribution in [0.1, 0.15) is 13.8 Å². The van der Waals surface area contributed by atoms with Gasteiger partial charge in [0.25, 0.3) is 0 Å². The zero-order valence-corrected chi connectivity index (χ0v) is 7.09. The van der Waals surface area contributed by atoms with Gasteiger partial charge in [0, 0.05) is 12.6 Å². The Hall–Kier alpha value is -0.830. The van der Waals surface area contributed by atoms with Gasteiger partial charge < -0.3 is 10.1 Å². The third-order valence-corrected chi connectivity index (χ3v) is 1.08. The smallest absolute Gasteiger partial charge is 0.330 e. The maximum atomic E-state index is 10.7. The molecule has 0 aliphatic heterocycles. The number of esters is 1. The minimum Gasteiger partial charge on any atom is -0.461 e. The summed E-state index contributed by atoms with van der Waals surface area (Å²) in [5.74, 6) is -0.273. The van der Waals surface area contributed by atoms with E-state index in [0.29, 0.717) is 6.61 Å². The molecule has 0 spiro atoms. The fraction of sp³-hybridized carbons (Fsp3) is 0.625. The van der Waals surface area contributed by atoms with Crippen molar-refractivity contribution in [1.29, 1.82) is 0 Å². The second-order valence-corrected chi connectivity index (χ2v) is 2.02. The molecule has 0 aliphatic carbocycles. The number of hydrogen-bond donors (Lipinski definition) is 1. The molecule has 0 atom stereocenters. The average Bonchev–Trinajstić information content (AvgIpc) is 1.99. The van der Waals surface area contributed by atoms with Crippen molar-refractivity contribution in [1.82, 2.24) is 5.32 Å². The van der Waals surface area contributed by atoms with Crippen LogP contribution in [0.5, 0.6) is 0 Å². The number of likely N-dealkylation sites (N-methyl/N-ethyl adjacent to an activating group) is 1. The molecular weight excluding hydrogens is 142 g/mol. The van der Waals surface area contributed by atoms with E-state index < -0.39 is 0 Å². The van der Waals surface area contributed by atoms with Crippen molar-refractivity contribution in [3.8, 4) is 0 Å². The Balaban J connectivity index is 3.17. The average molecular weight is 157 g/mol. The Morgan fingerprint density at radius 2 is 2.36 bits per heavy atom. The highest BCUT2D eigenvalue weighted by Crippen LogP contribution is 1.79. The summed E-state index contributed by atoms with van der Waals surface area (Å²) in [6.45, 7) is 5.86. The first-order chi connectivity index (χ1) is 5.31. The number of carbonyl (C=O) groups excluding carboxylic acids is 1. The fourth-order valence-corrected chi connectivity index (χ4v) is 0.585. The SMILES string of the molecule is CC=CC(=O)OCCNCC. The van der Waals surface area contributed by atoms with Gasteiger partial charge in [-0.05, 0) is 13.5 Å². The first kappa shape index (κ1) is 10.2. The second-order valence-electron chi connectivity index (χ2n) is 2.02. The van der Waals surface area contributed by atoms with E-state index in [1.54, 1.807) is 13.0 Å². The lowest BCUT2D eigenvalue weighted by molar-refractivity contribution is -0.137. The third kappa shape index (κ3) is 7.06. The molecule has 0 aromatic heterocycles. The highest BCUT2D eigenvalue weighted by Gasteiger charge is 1.93. The van der Waals surface area contributed by atoms with Crippen LogP contribution in [-0.4, -0.2) is 25.7 Å². The minimum atomic E-state index is -0.273. The van der Waals surface area contributed by atoms with Crippen LogP contribution in [0.3, 0.4) is 0 Å². The molecule has 1 N–H and O–H groups in total. The number of carbonyl (C=O) groups is 1. The summed E-state index contributed by atoms with van der Waals surface area (Å²) in [5.41, 5.74) is 0. The molecule has 0 saturated heterocycles. The Morgan fingerprint density at radius 3 is 2.91 bits per heavy atom. The van der Waals surface area contributed by atoms with Crippen molar-refractivity contribution >= 4 is 5.97 Å². The Kier molecular flexibility index (Phi) is 6.73. The lowest BCUT2D eigenvalue weighted by Crippen LogP contribution is -2.20. The van der Waals surface area contributed by atoms with Gasteiger partial charge in [0.2, 0.25) is 0 Å². The maximum absolute atomic E-state index is 10.7. The number of rotatable bonds is 5. The molecule has 0 aromatic carbocycles. The summed E-state index contributed by atoms with van der Waals surface area (Å²) in [5, 5.41) is 3.04. The van der Waals surface area contributed by atoms with Crippen LogP contribution < -0.4 is 5.32 Å². The van der Waals surface area contributed by atoms with Crippen molar-refractivity contribution in [2.24, 2.45) is 0 Å². The van der Waals surface area contributed by atoms with Crippen LogP contribution >= 0.6 is 0 Å². The van der Waals surface area contributed by atoms with E-state index in [2.05, 4.69) is 5.32 Å². The number of allylic oxidation sites excluding steroid dienone is 1. The van der Waals surface area contributed by atoms with Crippen LogP contribution in [0.4, 0.5) is 0 Å². The Bertz CT molecular complexity index is 132. The summed E-state index contributed by atoms with van der Waals surface area (Å²) in [6.07, 6.45) is 3.07. The quantitative estimate of drug-likeness (QED) is 0.363. The zero-order valence-electron chi connectivity index (χ0n) is 7.09. The molecule has 3 nitrogen and oxygen atoms in total. The summed E-state index contributed by atoms with van der Waals surface area (Å²) in [6, 6.07) is 0. The zero-order chi connectivity index (χ0) is 8.53. The first-order valence-electron chi connectivity index (χ1n) is 3.81. The van der Waals surface area contributed by atoms with E-state index in [4.69, 9.17) is 4.74 Å². The number of hydrogen-bond acceptors (Lipinski definition) is 3. The van der Waals surface area contributed by atoms with Crippen LogP contribution in [0.25, 0.3) is 0 Å². The molecule has 0 aliphatic rings. The van der Waals surface area contributed by atoms with E-state index in [-0.39, 0.29) is 5.97 Å². The number of ether oxygens (including phenoxy) is 1. The summed E-state index contributed by atoms with van der Waals surface area (Å²) in [7, 11) is 0. The standard InChI is InChI=1S/C8H15NO2/c1-3-5-8(10)11-7-6-9-4-2/h3,5,9H,4,6-7H2,1-2H3. The van der Waals surface area contributed by atoms with E-state index in [0.717, 1.165) is 13.1 Å². The van der Waals surface area contributed by atoms with Gasteiger partial charge in [0.1, 0.15) is 6.61 Å². The van der Waals surface area contributed by atoms with Gasteiger partial charge in [-0.2, -0.15) is 0 Å². The molecule has 11 heavy (non-hydrogen) atoms. The molecule has 0 fully saturated rings. The van der Waals surface area contributed by atoms with Gasteiger partial charge in [-0.3, -0.25) is 0 Å². The molecule has 64 valence electrons. The van der Waals surface area contributed by atoms with E-state index in [1.807, 2.05) is 6.92 Å². The van der Waals surface area contributed by atoms with Gasteiger partial charge in [0.05, 0.1) is 0 Å². The second kappa shape index (κ2) is 7.28. The molecule has 0 bridgehead atoms. The van der Waals surface area contributed by atoms with E-state index >= 15 is 0 Å². The topological polar surface area (TPSA) is 38.3 Å². The maximum Gasteiger partial charge on any atom is 0.330 e. The molecule has 3 heteroatoms.